The molecule has 0 unspecified atom stereocenters. The van der Waals surface area contributed by atoms with Gasteiger partial charge in [0.1, 0.15) is 17.5 Å². The number of aryl methyl sites for hydroxylation is 1. The maximum atomic E-state index is 4.68. The highest BCUT2D eigenvalue weighted by Gasteiger charge is 2.18. The Labute approximate surface area is 135 Å². The van der Waals surface area contributed by atoms with Crippen LogP contribution in [-0.2, 0) is 0 Å². The second-order valence-corrected chi connectivity index (χ2v) is 6.04. The predicted molar refractivity (Wildman–Crippen MR) is 93.9 cm³/mol. The largest absolute Gasteiger partial charge is 0.356 e. The van der Waals surface area contributed by atoms with Crippen LogP contribution in [0.1, 0.15) is 39.4 Å². The molecular weight excluding hydrogens is 274 g/mol. The summed E-state index contributed by atoms with van der Waals surface area (Å²) in [7, 11) is 0. The number of nitrogens with zero attached hydrogens (tertiary/aromatic N) is 5. The molecule has 1 aromatic heterocycles. The van der Waals surface area contributed by atoms with Crippen LogP contribution < -0.4 is 9.80 Å². The first-order chi connectivity index (χ1) is 10.7. The third-order valence-corrected chi connectivity index (χ3v) is 4.27. The minimum absolute atomic E-state index is 0.877. The van der Waals surface area contributed by atoms with Crippen LogP contribution in [0.2, 0.25) is 0 Å². The van der Waals surface area contributed by atoms with E-state index >= 15 is 0 Å². The van der Waals surface area contributed by atoms with Gasteiger partial charge in [0.05, 0.1) is 0 Å². The highest BCUT2D eigenvalue weighted by molar-refractivity contribution is 5.51. The van der Waals surface area contributed by atoms with E-state index in [0.29, 0.717) is 0 Å². The van der Waals surface area contributed by atoms with Crippen LogP contribution in [0.3, 0.4) is 0 Å². The lowest BCUT2D eigenvalue weighted by Crippen LogP contribution is -2.46. The second kappa shape index (κ2) is 8.32. The Hall–Kier alpha value is -1.36. The number of anilines is 2. The third kappa shape index (κ3) is 4.32. The van der Waals surface area contributed by atoms with Gasteiger partial charge in [0.2, 0.25) is 0 Å². The van der Waals surface area contributed by atoms with E-state index in [1.165, 1.54) is 0 Å². The molecule has 2 heterocycles. The molecule has 0 aromatic carbocycles. The lowest BCUT2D eigenvalue weighted by atomic mass is 10.3. The van der Waals surface area contributed by atoms with Crippen molar-refractivity contribution >= 4 is 11.6 Å². The van der Waals surface area contributed by atoms with E-state index in [-0.39, 0.29) is 0 Å². The normalized spacial score (nSPS) is 16.1. The first-order valence-corrected chi connectivity index (χ1v) is 8.75. The Balaban J connectivity index is 2.15. The summed E-state index contributed by atoms with van der Waals surface area (Å²) in [5.41, 5.74) is 0. The molecule has 1 aromatic rings. The van der Waals surface area contributed by atoms with E-state index in [1.54, 1.807) is 0 Å². The van der Waals surface area contributed by atoms with Gasteiger partial charge < -0.3 is 14.7 Å². The number of aromatic nitrogens is 2. The molecular formula is C17H31N5. The van der Waals surface area contributed by atoms with Gasteiger partial charge >= 0.3 is 0 Å². The lowest BCUT2D eigenvalue weighted by molar-refractivity contribution is 0.270. The van der Waals surface area contributed by atoms with Crippen LogP contribution in [0.5, 0.6) is 0 Å². The summed E-state index contributed by atoms with van der Waals surface area (Å²) in [6, 6.07) is 2.18. The molecule has 22 heavy (non-hydrogen) atoms. The molecule has 0 bridgehead atoms. The number of hydrogen-bond acceptors (Lipinski definition) is 5. The number of piperazine rings is 1. The highest BCUT2D eigenvalue weighted by Crippen LogP contribution is 2.21. The molecule has 5 nitrogen and oxygen atoms in total. The maximum absolute atomic E-state index is 4.68. The molecule has 2 rings (SSSR count). The smallest absolute Gasteiger partial charge is 0.134 e. The number of hydrogen-bond donors (Lipinski definition) is 0. The quantitative estimate of drug-likeness (QED) is 0.773. The van der Waals surface area contributed by atoms with Gasteiger partial charge in [-0.3, -0.25) is 0 Å². The summed E-state index contributed by atoms with van der Waals surface area (Å²) in [6.07, 6.45) is 2.29. The summed E-state index contributed by atoms with van der Waals surface area (Å²) < 4.78 is 0. The average molecular weight is 305 g/mol. The van der Waals surface area contributed by atoms with Gasteiger partial charge in [-0.1, -0.05) is 20.8 Å². The molecule has 1 fully saturated rings. The maximum Gasteiger partial charge on any atom is 0.134 e. The van der Waals surface area contributed by atoms with Gasteiger partial charge in [0.25, 0.3) is 0 Å². The Morgan fingerprint density at radius 1 is 1.00 bits per heavy atom. The van der Waals surface area contributed by atoms with Gasteiger partial charge in [-0.25, -0.2) is 9.97 Å². The Kier molecular flexibility index (Phi) is 6.43. The monoisotopic (exact) mass is 305 g/mol. The molecule has 5 heteroatoms. The van der Waals surface area contributed by atoms with Crippen molar-refractivity contribution in [1.29, 1.82) is 0 Å². The molecule has 0 saturated carbocycles. The predicted octanol–water partition coefficient (Wildman–Crippen LogP) is 2.55. The Morgan fingerprint density at radius 3 is 2.18 bits per heavy atom. The third-order valence-electron chi connectivity index (χ3n) is 4.27. The minimum Gasteiger partial charge on any atom is -0.356 e. The van der Waals surface area contributed by atoms with Crippen molar-refractivity contribution in [3.05, 3.63) is 11.9 Å². The number of rotatable bonds is 7. The van der Waals surface area contributed by atoms with Gasteiger partial charge in [-0.15, -0.1) is 0 Å². The van der Waals surface area contributed by atoms with E-state index in [2.05, 4.69) is 51.5 Å². The van der Waals surface area contributed by atoms with Gasteiger partial charge in [0, 0.05) is 45.3 Å². The molecule has 0 amide bonds. The molecule has 0 spiro atoms. The minimum atomic E-state index is 0.877. The molecule has 1 aliphatic rings. The molecule has 0 N–H and O–H groups in total. The number of likely N-dealkylation sites (N-methyl/N-ethyl adjacent to an activating group) is 1. The molecule has 0 aliphatic carbocycles. The van der Waals surface area contributed by atoms with Crippen LogP contribution in [0.4, 0.5) is 11.6 Å². The fourth-order valence-corrected chi connectivity index (χ4v) is 3.03. The summed E-state index contributed by atoms with van der Waals surface area (Å²) in [5, 5.41) is 0. The van der Waals surface area contributed by atoms with Crippen LogP contribution in [0.25, 0.3) is 0 Å². The lowest BCUT2D eigenvalue weighted by Gasteiger charge is -2.35. The van der Waals surface area contributed by atoms with Crippen molar-refractivity contribution < 1.29 is 0 Å². The van der Waals surface area contributed by atoms with Crippen molar-refractivity contribution in [2.45, 2.75) is 40.5 Å². The zero-order chi connectivity index (χ0) is 15.9. The standard InChI is InChI=1S/C17H31N5/c1-5-8-21(9-6-2)16-14-17(19-15(4)18-16)22-12-10-20(7-3)11-13-22/h14H,5-13H2,1-4H3. The van der Waals surface area contributed by atoms with Crippen LogP contribution in [0, 0.1) is 6.92 Å². The zero-order valence-corrected chi connectivity index (χ0v) is 14.7. The van der Waals surface area contributed by atoms with Crippen LogP contribution in [-0.4, -0.2) is 60.7 Å². The average Bonchev–Trinajstić information content (AvgIpc) is 2.54. The highest BCUT2D eigenvalue weighted by atomic mass is 15.3. The molecule has 0 radical (unpaired) electrons. The van der Waals surface area contributed by atoms with E-state index < -0.39 is 0 Å². The zero-order valence-electron chi connectivity index (χ0n) is 14.7. The van der Waals surface area contributed by atoms with Gasteiger partial charge in [-0.05, 0) is 26.3 Å². The first kappa shape index (κ1) is 17.0. The summed E-state index contributed by atoms with van der Waals surface area (Å²) in [6.45, 7) is 16.3. The van der Waals surface area contributed by atoms with Crippen molar-refractivity contribution in [2.24, 2.45) is 0 Å². The van der Waals surface area contributed by atoms with Crippen molar-refractivity contribution in [2.75, 3.05) is 55.6 Å². The van der Waals surface area contributed by atoms with Crippen LogP contribution >= 0.6 is 0 Å². The molecule has 0 atom stereocenters. The molecule has 1 aliphatic heterocycles. The van der Waals surface area contributed by atoms with E-state index in [1.807, 2.05) is 6.92 Å². The molecule has 124 valence electrons. The Morgan fingerprint density at radius 2 is 1.64 bits per heavy atom. The summed E-state index contributed by atoms with van der Waals surface area (Å²) in [4.78, 5) is 16.6. The van der Waals surface area contributed by atoms with E-state index in [0.717, 1.165) is 76.1 Å². The van der Waals surface area contributed by atoms with Crippen molar-refractivity contribution in [3.8, 4) is 0 Å². The summed E-state index contributed by atoms with van der Waals surface area (Å²) in [5.74, 6) is 3.06. The fourth-order valence-electron chi connectivity index (χ4n) is 3.03. The summed E-state index contributed by atoms with van der Waals surface area (Å²) >= 11 is 0. The Bertz CT molecular complexity index is 448. The van der Waals surface area contributed by atoms with Crippen molar-refractivity contribution in [3.63, 3.8) is 0 Å². The van der Waals surface area contributed by atoms with E-state index in [9.17, 15) is 0 Å². The fraction of sp³-hybridized carbons (Fsp3) is 0.765. The van der Waals surface area contributed by atoms with Crippen molar-refractivity contribution in [1.82, 2.24) is 14.9 Å². The topological polar surface area (TPSA) is 35.5 Å². The van der Waals surface area contributed by atoms with E-state index in [4.69, 9.17) is 0 Å². The molecule has 1 saturated heterocycles. The van der Waals surface area contributed by atoms with Crippen LogP contribution in [0.15, 0.2) is 6.07 Å². The van der Waals surface area contributed by atoms with Gasteiger partial charge in [0.15, 0.2) is 0 Å². The first-order valence-electron chi connectivity index (χ1n) is 8.75. The van der Waals surface area contributed by atoms with Gasteiger partial charge in [-0.2, -0.15) is 0 Å². The second-order valence-electron chi connectivity index (χ2n) is 6.04. The SMILES string of the molecule is CCCN(CCC)c1cc(N2CCN(CC)CC2)nc(C)n1.